The third-order valence-electron chi connectivity index (χ3n) is 3.60. The van der Waals surface area contributed by atoms with Crippen molar-refractivity contribution in [3.8, 4) is 0 Å². The smallest absolute Gasteiger partial charge is 0.329 e. The molecule has 0 aliphatic carbocycles. The van der Waals surface area contributed by atoms with Gasteiger partial charge in [-0.3, -0.25) is 15.0 Å². The van der Waals surface area contributed by atoms with Crippen molar-refractivity contribution in [1.82, 2.24) is 14.9 Å². The number of hydrogen-bond acceptors (Lipinski definition) is 7. The van der Waals surface area contributed by atoms with Gasteiger partial charge in [-0.2, -0.15) is 4.98 Å². The molecule has 110 valence electrons. The molecule has 0 saturated carbocycles. The molecule has 1 saturated heterocycles. The minimum Gasteiger partial charge on any atom is -0.363 e. The molecule has 0 bridgehead atoms. The maximum Gasteiger partial charge on any atom is 0.329 e. The first-order valence-electron chi connectivity index (χ1n) is 6.82. The standard InChI is InChI=1S/C12H20N6O2/c1-3-17-6-4-5-9(17)7-14-11-10(18(19)20)8-15-12(13-2)16-11/h8-9H,3-7H2,1-2H3,(H2,13,14,15,16). The highest BCUT2D eigenvalue weighted by atomic mass is 16.6. The summed E-state index contributed by atoms with van der Waals surface area (Å²) in [6, 6.07) is 0.410. The lowest BCUT2D eigenvalue weighted by molar-refractivity contribution is -0.384. The Morgan fingerprint density at radius 1 is 1.60 bits per heavy atom. The highest BCUT2D eigenvalue weighted by molar-refractivity contribution is 5.56. The molecular formula is C12H20N6O2. The number of likely N-dealkylation sites (tertiary alicyclic amines) is 1. The Morgan fingerprint density at radius 3 is 3.05 bits per heavy atom. The van der Waals surface area contributed by atoms with Gasteiger partial charge in [-0.15, -0.1) is 0 Å². The summed E-state index contributed by atoms with van der Waals surface area (Å²) < 4.78 is 0. The second-order valence-corrected chi connectivity index (χ2v) is 4.74. The zero-order chi connectivity index (χ0) is 14.5. The third kappa shape index (κ3) is 3.13. The van der Waals surface area contributed by atoms with E-state index in [2.05, 4.69) is 32.4 Å². The van der Waals surface area contributed by atoms with Crippen molar-refractivity contribution >= 4 is 17.5 Å². The summed E-state index contributed by atoms with van der Waals surface area (Å²) >= 11 is 0. The SMILES string of the molecule is CCN1CCCC1CNc1nc(NC)ncc1[N+](=O)[O-]. The summed E-state index contributed by atoms with van der Waals surface area (Å²) in [4.78, 5) is 20.9. The molecule has 0 spiro atoms. The molecule has 1 aliphatic heterocycles. The van der Waals surface area contributed by atoms with Gasteiger partial charge in [0.15, 0.2) is 0 Å². The molecule has 1 aliphatic rings. The number of aromatic nitrogens is 2. The summed E-state index contributed by atoms with van der Waals surface area (Å²) in [5, 5.41) is 16.9. The van der Waals surface area contributed by atoms with Crippen LogP contribution in [-0.4, -0.2) is 52.5 Å². The van der Waals surface area contributed by atoms with Gasteiger partial charge in [-0.05, 0) is 25.9 Å². The van der Waals surface area contributed by atoms with Crippen LogP contribution in [0.4, 0.5) is 17.5 Å². The predicted octanol–water partition coefficient (Wildman–Crippen LogP) is 1.32. The number of anilines is 2. The molecular weight excluding hydrogens is 260 g/mol. The normalized spacial score (nSPS) is 19.0. The average molecular weight is 280 g/mol. The van der Waals surface area contributed by atoms with Gasteiger partial charge >= 0.3 is 5.69 Å². The van der Waals surface area contributed by atoms with Crippen molar-refractivity contribution in [2.24, 2.45) is 0 Å². The fourth-order valence-corrected chi connectivity index (χ4v) is 2.52. The Kier molecular flexibility index (Phi) is 4.67. The molecule has 1 aromatic heterocycles. The molecule has 1 fully saturated rings. The van der Waals surface area contributed by atoms with Crippen LogP contribution in [0.2, 0.25) is 0 Å². The molecule has 2 heterocycles. The number of nitrogens with zero attached hydrogens (tertiary/aromatic N) is 4. The van der Waals surface area contributed by atoms with Gasteiger partial charge < -0.3 is 10.6 Å². The second-order valence-electron chi connectivity index (χ2n) is 4.74. The van der Waals surface area contributed by atoms with Gasteiger partial charge in [0, 0.05) is 19.6 Å². The lowest BCUT2D eigenvalue weighted by atomic mass is 10.2. The monoisotopic (exact) mass is 280 g/mol. The minimum absolute atomic E-state index is 0.0926. The quantitative estimate of drug-likeness (QED) is 0.599. The van der Waals surface area contributed by atoms with Gasteiger partial charge in [-0.1, -0.05) is 6.92 Å². The van der Waals surface area contributed by atoms with Crippen molar-refractivity contribution in [3.63, 3.8) is 0 Å². The summed E-state index contributed by atoms with van der Waals surface area (Å²) in [5.74, 6) is 0.647. The summed E-state index contributed by atoms with van der Waals surface area (Å²) in [6.45, 7) is 4.88. The van der Waals surface area contributed by atoms with Crippen LogP contribution in [0.5, 0.6) is 0 Å². The lowest BCUT2D eigenvalue weighted by Gasteiger charge is -2.23. The fraction of sp³-hybridized carbons (Fsp3) is 0.667. The van der Waals surface area contributed by atoms with Crippen molar-refractivity contribution in [1.29, 1.82) is 0 Å². The number of likely N-dealkylation sites (N-methyl/N-ethyl adjacent to an activating group) is 1. The van der Waals surface area contributed by atoms with Crippen LogP contribution < -0.4 is 10.6 Å². The van der Waals surface area contributed by atoms with Crippen LogP contribution in [0.3, 0.4) is 0 Å². The maximum atomic E-state index is 11.0. The number of rotatable bonds is 6. The van der Waals surface area contributed by atoms with E-state index in [4.69, 9.17) is 0 Å². The first-order chi connectivity index (χ1) is 9.65. The van der Waals surface area contributed by atoms with Crippen LogP contribution in [0.15, 0.2) is 6.20 Å². The van der Waals surface area contributed by atoms with Crippen LogP contribution in [0.1, 0.15) is 19.8 Å². The van der Waals surface area contributed by atoms with E-state index in [1.807, 2.05) is 0 Å². The Balaban J connectivity index is 2.09. The number of nitrogens with one attached hydrogen (secondary N) is 2. The summed E-state index contributed by atoms with van der Waals surface area (Å²) in [6.07, 6.45) is 3.51. The van der Waals surface area contributed by atoms with Crippen molar-refractivity contribution in [2.75, 3.05) is 37.3 Å². The molecule has 0 radical (unpaired) electrons. The van der Waals surface area contributed by atoms with E-state index in [9.17, 15) is 10.1 Å². The summed E-state index contributed by atoms with van der Waals surface area (Å²) in [5.41, 5.74) is -0.0926. The molecule has 0 aromatic carbocycles. The largest absolute Gasteiger partial charge is 0.363 e. The predicted molar refractivity (Wildman–Crippen MR) is 77.0 cm³/mol. The fourth-order valence-electron chi connectivity index (χ4n) is 2.52. The first kappa shape index (κ1) is 14.4. The van der Waals surface area contributed by atoms with Crippen LogP contribution in [0, 0.1) is 10.1 Å². The highest BCUT2D eigenvalue weighted by Gasteiger charge is 2.24. The Hall–Kier alpha value is -1.96. The molecule has 1 unspecified atom stereocenters. The van der Waals surface area contributed by atoms with Crippen molar-refractivity contribution in [2.45, 2.75) is 25.8 Å². The average Bonchev–Trinajstić information content (AvgIpc) is 2.91. The Labute approximate surface area is 117 Å². The van der Waals surface area contributed by atoms with E-state index >= 15 is 0 Å². The minimum atomic E-state index is -0.464. The van der Waals surface area contributed by atoms with Crippen LogP contribution >= 0.6 is 0 Å². The zero-order valence-electron chi connectivity index (χ0n) is 11.8. The van der Waals surface area contributed by atoms with Gasteiger partial charge in [0.05, 0.1) is 4.92 Å². The third-order valence-corrected chi connectivity index (χ3v) is 3.60. The molecule has 20 heavy (non-hydrogen) atoms. The van der Waals surface area contributed by atoms with Crippen molar-refractivity contribution < 1.29 is 4.92 Å². The molecule has 2 N–H and O–H groups in total. The van der Waals surface area contributed by atoms with E-state index in [-0.39, 0.29) is 11.5 Å². The van der Waals surface area contributed by atoms with Crippen LogP contribution in [0.25, 0.3) is 0 Å². The molecule has 1 atom stereocenters. The molecule has 0 amide bonds. The van der Waals surface area contributed by atoms with Gasteiger partial charge in [-0.25, -0.2) is 4.98 Å². The first-order valence-corrected chi connectivity index (χ1v) is 6.82. The van der Waals surface area contributed by atoms with Gasteiger partial charge in [0.1, 0.15) is 6.20 Å². The second kappa shape index (κ2) is 6.47. The number of hydrogen-bond donors (Lipinski definition) is 2. The summed E-state index contributed by atoms with van der Waals surface area (Å²) in [7, 11) is 1.68. The van der Waals surface area contributed by atoms with E-state index in [0.29, 0.717) is 18.5 Å². The lowest BCUT2D eigenvalue weighted by Crippen LogP contribution is -2.34. The molecule has 1 aromatic rings. The van der Waals surface area contributed by atoms with E-state index in [0.717, 1.165) is 19.5 Å². The zero-order valence-corrected chi connectivity index (χ0v) is 11.8. The van der Waals surface area contributed by atoms with E-state index in [1.54, 1.807) is 7.05 Å². The van der Waals surface area contributed by atoms with E-state index in [1.165, 1.54) is 12.6 Å². The topological polar surface area (TPSA) is 96.2 Å². The maximum absolute atomic E-state index is 11.0. The van der Waals surface area contributed by atoms with Gasteiger partial charge in [0.25, 0.3) is 0 Å². The highest BCUT2D eigenvalue weighted by Crippen LogP contribution is 2.23. The molecule has 8 nitrogen and oxygen atoms in total. The molecule has 8 heteroatoms. The van der Waals surface area contributed by atoms with Crippen LogP contribution in [-0.2, 0) is 0 Å². The van der Waals surface area contributed by atoms with Crippen molar-refractivity contribution in [3.05, 3.63) is 16.3 Å². The number of nitro groups is 1. The van der Waals surface area contributed by atoms with E-state index < -0.39 is 4.92 Å². The Morgan fingerprint density at radius 2 is 2.40 bits per heavy atom. The van der Waals surface area contributed by atoms with Gasteiger partial charge in [0.2, 0.25) is 11.8 Å². The Bertz CT molecular complexity index is 481. The molecule has 2 rings (SSSR count).